The largest absolute Gasteiger partial charge is 0.496 e. The minimum atomic E-state index is -0.377. The third-order valence-corrected chi connectivity index (χ3v) is 4.09. The van der Waals surface area contributed by atoms with Crippen LogP contribution in [0.1, 0.15) is 24.8 Å². The predicted molar refractivity (Wildman–Crippen MR) is 81.6 cm³/mol. The highest BCUT2D eigenvalue weighted by atomic mass is 16.6. The first kappa shape index (κ1) is 15.7. The molecule has 0 spiro atoms. The fraction of sp³-hybridized carbons (Fsp3) is 0.600. The van der Waals surface area contributed by atoms with Gasteiger partial charge in [0.1, 0.15) is 5.75 Å². The summed E-state index contributed by atoms with van der Waals surface area (Å²) in [6.07, 6.45) is 3.75. The van der Waals surface area contributed by atoms with Gasteiger partial charge in [-0.15, -0.1) is 0 Å². The molecule has 1 aliphatic heterocycles. The van der Waals surface area contributed by atoms with Gasteiger partial charge in [-0.3, -0.25) is 10.1 Å². The summed E-state index contributed by atoms with van der Waals surface area (Å²) in [5.41, 5.74) is 0.924. The molecule has 1 fully saturated rings. The van der Waals surface area contributed by atoms with Crippen LogP contribution in [0, 0.1) is 10.1 Å². The molecule has 116 valence electrons. The van der Waals surface area contributed by atoms with Crippen molar-refractivity contribution in [1.29, 1.82) is 0 Å². The lowest BCUT2D eigenvalue weighted by Gasteiger charge is -2.32. The number of nitro benzene ring substituents is 1. The SMILES string of the molecule is COc1ccc([N+](=O)[O-])cc1CNCC1CCCCN1C. The van der Waals surface area contributed by atoms with Gasteiger partial charge in [-0.05, 0) is 32.5 Å². The Hall–Kier alpha value is -1.66. The van der Waals surface area contributed by atoms with E-state index in [0.717, 1.165) is 18.7 Å². The number of nitrogens with zero attached hydrogens (tertiary/aromatic N) is 2. The van der Waals surface area contributed by atoms with Crippen LogP contribution in [0.15, 0.2) is 18.2 Å². The van der Waals surface area contributed by atoms with Crippen molar-refractivity contribution < 1.29 is 9.66 Å². The minimum absolute atomic E-state index is 0.0994. The molecule has 1 aromatic rings. The number of nitro groups is 1. The Morgan fingerprint density at radius 1 is 1.48 bits per heavy atom. The van der Waals surface area contributed by atoms with Crippen molar-refractivity contribution in [3.63, 3.8) is 0 Å². The summed E-state index contributed by atoms with van der Waals surface area (Å²) < 4.78 is 5.27. The second kappa shape index (κ2) is 7.38. The van der Waals surface area contributed by atoms with Crippen LogP contribution in [0.2, 0.25) is 0 Å². The molecule has 1 unspecified atom stereocenters. The lowest BCUT2D eigenvalue weighted by atomic mass is 10.0. The lowest BCUT2D eigenvalue weighted by Crippen LogP contribution is -2.42. The molecule has 6 nitrogen and oxygen atoms in total. The van der Waals surface area contributed by atoms with Crippen LogP contribution in [0.4, 0.5) is 5.69 Å². The number of likely N-dealkylation sites (N-methyl/N-ethyl adjacent to an activating group) is 1. The van der Waals surface area contributed by atoms with Crippen molar-refractivity contribution in [3.8, 4) is 5.75 Å². The predicted octanol–water partition coefficient (Wildman–Crippen LogP) is 2.18. The van der Waals surface area contributed by atoms with Crippen LogP contribution in [-0.4, -0.2) is 43.1 Å². The Kier molecular flexibility index (Phi) is 5.52. The zero-order chi connectivity index (χ0) is 15.2. The Morgan fingerprint density at radius 3 is 2.95 bits per heavy atom. The van der Waals surface area contributed by atoms with Crippen LogP contribution in [-0.2, 0) is 6.54 Å². The van der Waals surface area contributed by atoms with E-state index in [1.54, 1.807) is 19.2 Å². The summed E-state index contributed by atoms with van der Waals surface area (Å²) in [6, 6.07) is 5.25. The van der Waals surface area contributed by atoms with E-state index >= 15 is 0 Å². The van der Waals surface area contributed by atoms with Crippen LogP contribution >= 0.6 is 0 Å². The second-order valence-corrected chi connectivity index (χ2v) is 5.51. The van der Waals surface area contributed by atoms with Gasteiger partial charge < -0.3 is 15.0 Å². The van der Waals surface area contributed by atoms with E-state index in [-0.39, 0.29) is 10.6 Å². The normalized spacial score (nSPS) is 19.4. The Bertz CT molecular complexity index is 493. The maximum absolute atomic E-state index is 10.9. The van der Waals surface area contributed by atoms with Crippen LogP contribution < -0.4 is 10.1 Å². The maximum atomic E-state index is 10.9. The Morgan fingerprint density at radius 2 is 2.29 bits per heavy atom. The minimum Gasteiger partial charge on any atom is -0.496 e. The molecule has 1 saturated heterocycles. The molecule has 0 bridgehead atoms. The van der Waals surface area contributed by atoms with Crippen molar-refractivity contribution >= 4 is 5.69 Å². The monoisotopic (exact) mass is 293 g/mol. The molecule has 2 rings (SSSR count). The van der Waals surface area contributed by atoms with E-state index in [9.17, 15) is 10.1 Å². The summed E-state index contributed by atoms with van der Waals surface area (Å²) in [5, 5.41) is 14.3. The first-order valence-corrected chi connectivity index (χ1v) is 7.34. The molecule has 1 atom stereocenters. The van der Waals surface area contributed by atoms with Gasteiger partial charge in [-0.1, -0.05) is 6.42 Å². The third kappa shape index (κ3) is 4.15. The van der Waals surface area contributed by atoms with Gasteiger partial charge >= 0.3 is 0 Å². The van der Waals surface area contributed by atoms with Crippen molar-refractivity contribution in [3.05, 3.63) is 33.9 Å². The second-order valence-electron chi connectivity index (χ2n) is 5.51. The van der Waals surface area contributed by atoms with Gasteiger partial charge in [-0.25, -0.2) is 0 Å². The number of benzene rings is 1. The van der Waals surface area contributed by atoms with Crippen LogP contribution in [0.25, 0.3) is 0 Å². The molecule has 6 heteroatoms. The fourth-order valence-corrected chi connectivity index (χ4v) is 2.79. The number of methoxy groups -OCH3 is 1. The molecule has 1 aliphatic rings. The molecule has 0 amide bonds. The van der Waals surface area contributed by atoms with E-state index in [2.05, 4.69) is 17.3 Å². The summed E-state index contributed by atoms with van der Waals surface area (Å²) in [6.45, 7) is 2.62. The summed E-state index contributed by atoms with van der Waals surface area (Å²) in [7, 11) is 3.74. The standard InChI is InChI=1S/C15H23N3O3/c1-17-8-4-3-5-14(17)11-16-10-12-9-13(18(19)20)6-7-15(12)21-2/h6-7,9,14,16H,3-5,8,10-11H2,1-2H3. The highest BCUT2D eigenvalue weighted by molar-refractivity contribution is 5.43. The fourth-order valence-electron chi connectivity index (χ4n) is 2.79. The molecular weight excluding hydrogens is 270 g/mol. The van der Waals surface area contributed by atoms with Crippen molar-refractivity contribution in [2.45, 2.75) is 31.8 Å². The van der Waals surface area contributed by atoms with E-state index in [4.69, 9.17) is 4.74 Å². The molecule has 0 radical (unpaired) electrons. The lowest BCUT2D eigenvalue weighted by molar-refractivity contribution is -0.384. The molecule has 0 saturated carbocycles. The average molecular weight is 293 g/mol. The maximum Gasteiger partial charge on any atom is 0.270 e. The number of nitrogens with one attached hydrogen (secondary N) is 1. The average Bonchev–Trinajstić information content (AvgIpc) is 2.49. The zero-order valence-corrected chi connectivity index (χ0v) is 12.7. The van der Waals surface area contributed by atoms with Gasteiger partial charge in [0.15, 0.2) is 0 Å². The number of hydrogen-bond donors (Lipinski definition) is 1. The molecule has 1 N–H and O–H groups in total. The number of non-ortho nitro benzene ring substituents is 1. The van der Waals surface area contributed by atoms with E-state index in [1.807, 2.05) is 0 Å². The van der Waals surface area contributed by atoms with Gasteiger partial charge in [0, 0.05) is 36.8 Å². The highest BCUT2D eigenvalue weighted by Gasteiger charge is 2.18. The molecular formula is C15H23N3O3. The quantitative estimate of drug-likeness (QED) is 0.643. The number of rotatable bonds is 6. The molecule has 1 aromatic carbocycles. The van der Waals surface area contributed by atoms with Crippen molar-refractivity contribution in [2.24, 2.45) is 0 Å². The molecule has 0 aliphatic carbocycles. The van der Waals surface area contributed by atoms with Crippen molar-refractivity contribution in [1.82, 2.24) is 10.2 Å². The topological polar surface area (TPSA) is 67.6 Å². The van der Waals surface area contributed by atoms with Gasteiger partial charge in [0.25, 0.3) is 5.69 Å². The number of ether oxygens (including phenoxy) is 1. The number of piperidine rings is 1. The van der Waals surface area contributed by atoms with Gasteiger partial charge in [0.05, 0.1) is 12.0 Å². The van der Waals surface area contributed by atoms with Gasteiger partial charge in [-0.2, -0.15) is 0 Å². The van der Waals surface area contributed by atoms with Crippen LogP contribution in [0.3, 0.4) is 0 Å². The number of likely N-dealkylation sites (tertiary alicyclic amines) is 1. The van der Waals surface area contributed by atoms with E-state index in [1.165, 1.54) is 25.3 Å². The Balaban J connectivity index is 1.95. The highest BCUT2D eigenvalue weighted by Crippen LogP contribution is 2.24. The molecule has 0 aromatic heterocycles. The van der Waals surface area contributed by atoms with E-state index in [0.29, 0.717) is 18.3 Å². The van der Waals surface area contributed by atoms with Crippen molar-refractivity contribution in [2.75, 3.05) is 27.2 Å². The summed E-state index contributed by atoms with van der Waals surface area (Å²) >= 11 is 0. The van der Waals surface area contributed by atoms with Gasteiger partial charge in [0.2, 0.25) is 0 Å². The first-order chi connectivity index (χ1) is 10.1. The zero-order valence-electron chi connectivity index (χ0n) is 12.7. The van der Waals surface area contributed by atoms with E-state index < -0.39 is 0 Å². The number of hydrogen-bond acceptors (Lipinski definition) is 5. The van der Waals surface area contributed by atoms with Crippen LogP contribution in [0.5, 0.6) is 5.75 Å². The third-order valence-electron chi connectivity index (χ3n) is 4.09. The smallest absolute Gasteiger partial charge is 0.270 e. The summed E-state index contributed by atoms with van der Waals surface area (Å²) in [5.74, 6) is 0.685. The molecule has 21 heavy (non-hydrogen) atoms. The Labute approximate surface area is 125 Å². The first-order valence-electron chi connectivity index (χ1n) is 7.34. The molecule has 1 heterocycles. The summed E-state index contributed by atoms with van der Waals surface area (Å²) in [4.78, 5) is 12.9.